The van der Waals surface area contributed by atoms with Gasteiger partial charge in [-0.25, -0.2) is 0 Å². The summed E-state index contributed by atoms with van der Waals surface area (Å²) in [6.07, 6.45) is 0. The summed E-state index contributed by atoms with van der Waals surface area (Å²) in [4.78, 5) is 5.56. The predicted molar refractivity (Wildman–Crippen MR) is 201 cm³/mol. The molecule has 0 aliphatic rings. The number of phenolic OH excluding ortho intramolecular Hbond substituents is 2. The third-order valence-electron chi connectivity index (χ3n) is 9.31. The summed E-state index contributed by atoms with van der Waals surface area (Å²) in [5.41, 5.74) is 1.11. The molecule has 0 aromatic heterocycles. The van der Waals surface area contributed by atoms with E-state index in [2.05, 4.69) is 9.95 Å². The van der Waals surface area contributed by atoms with Crippen molar-refractivity contribution in [1.29, 1.82) is 10.8 Å². The fraction of sp³-hybridized carbons (Fsp3) is 0.0500. The minimum Gasteiger partial charge on any atom is -0.501 e. The largest absolute Gasteiger partial charge is 0.501 e. The molecule has 0 amide bonds. The molecule has 0 aliphatic heterocycles. The highest BCUT2D eigenvalue weighted by Gasteiger charge is 2.33. The van der Waals surface area contributed by atoms with Crippen LogP contribution < -0.4 is 8.37 Å². The first-order chi connectivity index (χ1) is 25.9. The Kier molecular flexibility index (Phi) is 8.87. The average Bonchev–Trinajstić information content (AvgIpc) is 3.18. The van der Waals surface area contributed by atoms with Gasteiger partial charge in [0, 0.05) is 33.0 Å². The lowest BCUT2D eigenvalue weighted by Gasteiger charge is -2.32. The molecule has 0 radical (unpaired) electrons. The first kappa shape index (κ1) is 35.4. The molecule has 0 saturated carbocycles. The number of diazo groups is 2. The third-order valence-corrected chi connectivity index (χ3v) is 11.9. The van der Waals surface area contributed by atoms with Crippen LogP contribution in [0.4, 0.5) is 11.4 Å². The number of aromatic hydroxyl groups is 2. The lowest BCUT2D eigenvalue weighted by molar-refractivity contribution is 0.481. The molecule has 1 atom stereocenters. The zero-order valence-electron chi connectivity index (χ0n) is 28.2. The molecular weight excluding hydrogens is 729 g/mol. The molecule has 0 bridgehead atoms. The van der Waals surface area contributed by atoms with E-state index >= 15 is 0 Å². The lowest BCUT2D eigenvalue weighted by Crippen LogP contribution is -2.25. The van der Waals surface area contributed by atoms with Gasteiger partial charge in [-0.1, -0.05) is 91.0 Å². The van der Waals surface area contributed by atoms with E-state index in [1.807, 2.05) is 37.3 Å². The third kappa shape index (κ3) is 6.15. The molecule has 2 N–H and O–H groups in total. The van der Waals surface area contributed by atoms with Crippen molar-refractivity contribution in [3.63, 3.8) is 0 Å². The Hall–Kier alpha value is -7.00. The molecule has 0 aliphatic carbocycles. The van der Waals surface area contributed by atoms with Crippen molar-refractivity contribution in [2.45, 2.75) is 22.1 Å². The summed E-state index contributed by atoms with van der Waals surface area (Å²) in [6.45, 7) is 1.97. The van der Waals surface area contributed by atoms with E-state index < -0.39 is 25.7 Å². The van der Waals surface area contributed by atoms with Gasteiger partial charge in [0.2, 0.25) is 22.3 Å². The maximum atomic E-state index is 13.5. The maximum absolute atomic E-state index is 13.5. The zero-order valence-corrected chi connectivity index (χ0v) is 29.9. The fourth-order valence-electron chi connectivity index (χ4n) is 6.50. The van der Waals surface area contributed by atoms with Gasteiger partial charge in [-0.2, -0.15) is 16.8 Å². The molecule has 7 aromatic carbocycles. The van der Waals surface area contributed by atoms with Crippen LogP contribution in [0.1, 0.15) is 23.6 Å². The molecule has 54 heavy (non-hydrogen) atoms. The molecule has 0 fully saturated rings. The standard InChI is InChI=1S/C40H26N4O8S2/c1-40(25-8-3-2-4-9-25,26-14-18-28(19-15-26)51-53(47,48)36-13-7-12-33-31(36)22-23-34(43-41)38(33)45)27-16-20-29(21-17-27)52-54(49,50)37-24-35(44-42)39(46)32-11-6-5-10-30(32)37/h2-24H,1H3/p+2. The molecular formula is C40H28N4O8S2+2. The minimum atomic E-state index is -4.47. The van der Waals surface area contributed by atoms with E-state index in [0.717, 1.165) is 22.8 Å². The van der Waals surface area contributed by atoms with E-state index in [-0.39, 0.29) is 65.7 Å². The van der Waals surface area contributed by atoms with Crippen LogP contribution in [-0.2, 0) is 25.7 Å². The topological polar surface area (TPSA) is 184 Å². The zero-order chi connectivity index (χ0) is 38.3. The van der Waals surface area contributed by atoms with Gasteiger partial charge in [-0.05, 0) is 60.0 Å². The Morgan fingerprint density at radius 1 is 0.500 bits per heavy atom. The average molecular weight is 757 g/mol. The van der Waals surface area contributed by atoms with Gasteiger partial charge >= 0.3 is 31.6 Å². The van der Waals surface area contributed by atoms with Crippen molar-refractivity contribution in [1.82, 2.24) is 0 Å². The second-order valence-electron chi connectivity index (χ2n) is 12.4. The predicted octanol–water partition coefficient (Wildman–Crippen LogP) is 9.26. The van der Waals surface area contributed by atoms with Crippen molar-refractivity contribution in [2.24, 2.45) is 0 Å². The van der Waals surface area contributed by atoms with E-state index in [1.165, 1.54) is 66.7 Å². The van der Waals surface area contributed by atoms with Gasteiger partial charge in [0.25, 0.3) is 0 Å². The first-order valence-electron chi connectivity index (χ1n) is 16.2. The number of hydrogen-bond donors (Lipinski definition) is 2. The summed E-state index contributed by atoms with van der Waals surface area (Å²) in [6, 6.07) is 36.8. The Bertz CT molecular complexity index is 2910. The summed E-state index contributed by atoms with van der Waals surface area (Å²) in [5, 5.41) is 40.2. The normalized spacial score (nSPS) is 12.7. The Balaban J connectivity index is 1.20. The highest BCUT2D eigenvalue weighted by Crippen LogP contribution is 2.43. The molecule has 0 saturated heterocycles. The van der Waals surface area contributed by atoms with Crippen molar-refractivity contribution in [3.05, 3.63) is 166 Å². The lowest BCUT2D eigenvalue weighted by atomic mass is 9.71. The maximum Gasteiger partial charge on any atom is 0.428 e. The molecule has 0 heterocycles. The van der Waals surface area contributed by atoms with Gasteiger partial charge in [0.15, 0.2) is 9.95 Å². The monoisotopic (exact) mass is 756 g/mol. The van der Waals surface area contributed by atoms with Crippen LogP contribution in [0, 0.1) is 10.8 Å². The minimum absolute atomic E-state index is 0.00601. The molecule has 0 spiro atoms. The summed E-state index contributed by atoms with van der Waals surface area (Å²) in [5.74, 6) is -0.716. The van der Waals surface area contributed by atoms with Crippen molar-refractivity contribution >= 4 is 53.2 Å². The van der Waals surface area contributed by atoms with Crippen LogP contribution in [0.15, 0.2) is 149 Å². The molecule has 12 nitrogen and oxygen atoms in total. The van der Waals surface area contributed by atoms with E-state index in [4.69, 9.17) is 13.8 Å². The van der Waals surface area contributed by atoms with Crippen LogP contribution in [0.5, 0.6) is 23.0 Å². The fourth-order valence-corrected chi connectivity index (χ4v) is 8.80. The number of fused-ring (bicyclic) bond motifs is 2. The van der Waals surface area contributed by atoms with Gasteiger partial charge in [0.1, 0.15) is 21.3 Å². The smallest absolute Gasteiger partial charge is 0.428 e. The van der Waals surface area contributed by atoms with Crippen LogP contribution in [0.3, 0.4) is 0 Å². The second kappa shape index (κ2) is 13.5. The van der Waals surface area contributed by atoms with Gasteiger partial charge in [-0.15, -0.1) is 0 Å². The summed E-state index contributed by atoms with van der Waals surface area (Å²) < 4.78 is 65.1. The van der Waals surface area contributed by atoms with Gasteiger partial charge < -0.3 is 18.6 Å². The molecule has 266 valence electrons. The van der Waals surface area contributed by atoms with E-state index in [9.17, 15) is 32.4 Å². The molecule has 7 rings (SSSR count). The van der Waals surface area contributed by atoms with Gasteiger partial charge in [-0.3, -0.25) is 0 Å². The molecule has 14 heteroatoms. The number of hydrogen-bond acceptors (Lipinski definition) is 10. The van der Waals surface area contributed by atoms with Gasteiger partial charge in [0.05, 0.1) is 6.07 Å². The number of nitrogens with zero attached hydrogens (tertiary/aromatic N) is 4. The second-order valence-corrected chi connectivity index (χ2v) is 15.4. The van der Waals surface area contributed by atoms with Crippen LogP contribution in [0.25, 0.3) is 31.5 Å². The van der Waals surface area contributed by atoms with Crippen LogP contribution in [-0.4, -0.2) is 27.0 Å². The molecule has 7 aromatic rings. The quantitative estimate of drug-likeness (QED) is 0.0818. The van der Waals surface area contributed by atoms with Crippen molar-refractivity contribution < 1.29 is 35.4 Å². The Morgan fingerprint density at radius 2 is 0.944 bits per heavy atom. The Morgan fingerprint density at radius 3 is 1.50 bits per heavy atom. The van der Waals surface area contributed by atoms with Crippen molar-refractivity contribution in [2.75, 3.05) is 0 Å². The summed E-state index contributed by atoms with van der Waals surface area (Å²) >= 11 is 0. The van der Waals surface area contributed by atoms with Crippen LogP contribution >= 0.6 is 0 Å². The molecule has 1 unspecified atom stereocenters. The number of rotatable bonds is 9. The number of benzene rings is 7. The van der Waals surface area contributed by atoms with E-state index in [0.29, 0.717) is 0 Å². The highest BCUT2D eigenvalue weighted by atomic mass is 32.2. The SMILES string of the molecule is CC(c1ccccc1)(c1ccc(OS(=O)(=O)c2cccc3c(O)c([N+]#N)ccc23)cc1)c1ccc(OS(=O)(=O)c2cc([N+]#N)c(O)c3ccccc23)cc1. The van der Waals surface area contributed by atoms with E-state index in [1.54, 1.807) is 36.4 Å². The van der Waals surface area contributed by atoms with Crippen LogP contribution in [0.2, 0.25) is 0 Å². The number of phenols is 2. The van der Waals surface area contributed by atoms with Crippen molar-refractivity contribution in [3.8, 4) is 23.0 Å². The Labute approximate surface area is 309 Å². The summed E-state index contributed by atoms with van der Waals surface area (Å²) in [7, 11) is -8.86. The first-order valence-corrected chi connectivity index (χ1v) is 19.0. The highest BCUT2D eigenvalue weighted by molar-refractivity contribution is 7.87.